The van der Waals surface area contributed by atoms with Gasteiger partial charge in [-0.15, -0.1) is 0 Å². The summed E-state index contributed by atoms with van der Waals surface area (Å²) < 4.78 is 38.1. The van der Waals surface area contributed by atoms with Gasteiger partial charge in [0.25, 0.3) is 0 Å². The first-order valence-corrected chi connectivity index (χ1v) is 9.82. The Balaban J connectivity index is 1.85. The molecule has 0 radical (unpaired) electrons. The number of aliphatic hydroxyl groups is 1. The third-order valence-electron chi connectivity index (χ3n) is 4.31. The summed E-state index contributed by atoms with van der Waals surface area (Å²) in [6.45, 7) is -0.170. The van der Waals surface area contributed by atoms with Crippen molar-refractivity contribution in [3.8, 4) is 11.5 Å². The van der Waals surface area contributed by atoms with E-state index in [1.165, 1.54) is 26.4 Å². The fourth-order valence-corrected chi connectivity index (χ4v) is 4.13. The Bertz CT molecular complexity index is 1040. The Morgan fingerprint density at radius 2 is 1.74 bits per heavy atom. The second-order valence-corrected chi connectivity index (χ2v) is 7.69. The number of methoxy groups -OCH3 is 2. The van der Waals surface area contributed by atoms with Crippen LogP contribution in [0.2, 0.25) is 0 Å². The van der Waals surface area contributed by atoms with Crippen LogP contribution >= 0.6 is 0 Å². The summed E-state index contributed by atoms with van der Waals surface area (Å²) in [5.74, 6) is 0.591. The molecule has 0 aliphatic rings. The van der Waals surface area contributed by atoms with Crippen LogP contribution in [0.5, 0.6) is 11.5 Å². The Kier molecular flexibility index (Phi) is 5.65. The predicted molar refractivity (Wildman–Crippen MR) is 104 cm³/mol. The van der Waals surface area contributed by atoms with Crippen molar-refractivity contribution in [2.45, 2.75) is 11.0 Å². The van der Waals surface area contributed by atoms with E-state index in [0.717, 1.165) is 10.8 Å². The van der Waals surface area contributed by atoms with Crippen molar-refractivity contribution in [3.05, 3.63) is 66.2 Å². The molecule has 3 rings (SSSR count). The number of aliphatic hydroxyl groups excluding tert-OH is 1. The molecule has 1 atom stereocenters. The number of hydrogen-bond acceptors (Lipinski definition) is 5. The zero-order valence-corrected chi connectivity index (χ0v) is 15.9. The predicted octanol–water partition coefficient (Wildman–Crippen LogP) is 2.87. The van der Waals surface area contributed by atoms with Gasteiger partial charge in [-0.25, -0.2) is 13.1 Å². The molecule has 2 N–H and O–H groups in total. The number of fused-ring (bicyclic) bond motifs is 1. The maximum absolute atomic E-state index is 12.7. The highest BCUT2D eigenvalue weighted by Crippen LogP contribution is 2.29. The molecule has 6 nitrogen and oxygen atoms in total. The van der Waals surface area contributed by atoms with Gasteiger partial charge in [0.1, 0.15) is 16.4 Å². The standard InChI is InChI=1S/C20H21NO5S/c1-25-15-10-11-19(26-2)20(12-15)27(23,24)21-13-18(22)17-9-5-7-14-6-3-4-8-16(14)17/h3-12,18,21-22H,13H2,1-2H3. The Morgan fingerprint density at radius 1 is 1.00 bits per heavy atom. The van der Waals surface area contributed by atoms with Crippen molar-refractivity contribution in [1.82, 2.24) is 4.72 Å². The lowest BCUT2D eigenvalue weighted by Crippen LogP contribution is -2.29. The maximum Gasteiger partial charge on any atom is 0.244 e. The van der Waals surface area contributed by atoms with Crippen molar-refractivity contribution >= 4 is 20.8 Å². The molecule has 7 heteroatoms. The molecule has 0 amide bonds. The molecule has 0 saturated heterocycles. The number of ether oxygens (including phenoxy) is 2. The van der Waals surface area contributed by atoms with E-state index < -0.39 is 16.1 Å². The van der Waals surface area contributed by atoms with Crippen LogP contribution in [-0.4, -0.2) is 34.3 Å². The molecule has 3 aromatic rings. The summed E-state index contributed by atoms with van der Waals surface area (Å²) in [4.78, 5) is -0.0468. The van der Waals surface area contributed by atoms with E-state index in [1.54, 1.807) is 12.1 Å². The molecule has 1 unspecified atom stereocenters. The third kappa shape index (κ3) is 4.05. The number of hydrogen-bond donors (Lipinski definition) is 2. The lowest BCUT2D eigenvalue weighted by molar-refractivity contribution is 0.183. The van der Waals surface area contributed by atoms with Crippen molar-refractivity contribution in [2.24, 2.45) is 0 Å². The largest absolute Gasteiger partial charge is 0.497 e. The number of rotatable bonds is 7. The van der Waals surface area contributed by atoms with Crippen LogP contribution in [0.15, 0.2) is 65.6 Å². The third-order valence-corrected chi connectivity index (χ3v) is 5.75. The second kappa shape index (κ2) is 7.96. The molecule has 142 valence electrons. The summed E-state index contributed by atoms with van der Waals surface area (Å²) in [6.07, 6.45) is -0.998. The van der Waals surface area contributed by atoms with Crippen molar-refractivity contribution in [1.29, 1.82) is 0 Å². The Labute approximate surface area is 158 Å². The second-order valence-electron chi connectivity index (χ2n) is 5.95. The lowest BCUT2D eigenvalue weighted by Gasteiger charge is -2.16. The average molecular weight is 387 g/mol. The van der Waals surface area contributed by atoms with E-state index in [9.17, 15) is 13.5 Å². The van der Waals surface area contributed by atoms with Crippen LogP contribution in [0, 0.1) is 0 Å². The van der Waals surface area contributed by atoms with Gasteiger partial charge in [0.2, 0.25) is 10.0 Å². The Morgan fingerprint density at radius 3 is 2.48 bits per heavy atom. The quantitative estimate of drug-likeness (QED) is 0.651. The normalized spacial score (nSPS) is 12.7. The summed E-state index contributed by atoms with van der Waals surface area (Å²) in [6, 6.07) is 17.7. The minimum absolute atomic E-state index is 0.0468. The molecule has 0 spiro atoms. The van der Waals surface area contributed by atoms with Gasteiger partial charge in [0, 0.05) is 12.6 Å². The molecule has 27 heavy (non-hydrogen) atoms. The molecular weight excluding hydrogens is 366 g/mol. The summed E-state index contributed by atoms with van der Waals surface area (Å²) in [5, 5.41) is 12.4. The van der Waals surface area contributed by atoms with E-state index in [-0.39, 0.29) is 17.2 Å². The minimum Gasteiger partial charge on any atom is -0.497 e. The molecule has 0 heterocycles. The highest BCUT2D eigenvalue weighted by Gasteiger charge is 2.22. The molecule has 0 aliphatic heterocycles. The first-order valence-electron chi connectivity index (χ1n) is 8.33. The Hall–Kier alpha value is -2.61. The van der Waals surface area contributed by atoms with Gasteiger partial charge in [-0.3, -0.25) is 0 Å². The van der Waals surface area contributed by atoms with E-state index in [2.05, 4.69) is 4.72 Å². The van der Waals surface area contributed by atoms with Crippen molar-refractivity contribution < 1.29 is 23.0 Å². The summed E-state index contributed by atoms with van der Waals surface area (Å²) >= 11 is 0. The molecule has 0 aliphatic carbocycles. The lowest BCUT2D eigenvalue weighted by atomic mass is 10.0. The number of nitrogens with one attached hydrogen (secondary N) is 1. The SMILES string of the molecule is COc1ccc(OC)c(S(=O)(=O)NCC(O)c2cccc3ccccc23)c1. The van der Waals surface area contributed by atoms with Gasteiger partial charge in [-0.1, -0.05) is 42.5 Å². The fourth-order valence-electron chi connectivity index (χ4n) is 2.91. The van der Waals surface area contributed by atoms with Gasteiger partial charge >= 0.3 is 0 Å². The van der Waals surface area contributed by atoms with Crippen LogP contribution in [0.4, 0.5) is 0 Å². The van der Waals surface area contributed by atoms with E-state index in [4.69, 9.17) is 9.47 Å². The van der Waals surface area contributed by atoms with Gasteiger partial charge in [0.15, 0.2) is 0 Å². The van der Waals surface area contributed by atoms with Crippen molar-refractivity contribution in [3.63, 3.8) is 0 Å². The van der Waals surface area contributed by atoms with E-state index in [0.29, 0.717) is 11.3 Å². The van der Waals surface area contributed by atoms with E-state index >= 15 is 0 Å². The maximum atomic E-state index is 12.7. The van der Waals surface area contributed by atoms with Crippen LogP contribution < -0.4 is 14.2 Å². The summed E-state index contributed by atoms with van der Waals surface area (Å²) in [5.41, 5.74) is 0.661. The highest BCUT2D eigenvalue weighted by molar-refractivity contribution is 7.89. The van der Waals surface area contributed by atoms with Gasteiger partial charge in [-0.2, -0.15) is 0 Å². The number of benzene rings is 3. The van der Waals surface area contributed by atoms with Gasteiger partial charge in [-0.05, 0) is 28.5 Å². The highest BCUT2D eigenvalue weighted by atomic mass is 32.2. The van der Waals surface area contributed by atoms with Crippen LogP contribution in [-0.2, 0) is 10.0 Å². The van der Waals surface area contributed by atoms with Crippen LogP contribution in [0.25, 0.3) is 10.8 Å². The molecule has 0 bridgehead atoms. The minimum atomic E-state index is -3.91. The van der Waals surface area contributed by atoms with E-state index in [1.807, 2.05) is 36.4 Å². The zero-order chi connectivity index (χ0) is 19.4. The first kappa shape index (κ1) is 19.2. The van der Waals surface area contributed by atoms with Crippen LogP contribution in [0.1, 0.15) is 11.7 Å². The van der Waals surface area contributed by atoms with Crippen LogP contribution in [0.3, 0.4) is 0 Å². The summed E-state index contributed by atoms with van der Waals surface area (Å²) in [7, 11) is -1.06. The molecule has 0 saturated carbocycles. The topological polar surface area (TPSA) is 84.9 Å². The fraction of sp³-hybridized carbons (Fsp3) is 0.200. The monoisotopic (exact) mass is 387 g/mol. The molecule has 0 fully saturated rings. The van der Waals surface area contributed by atoms with Crippen molar-refractivity contribution in [2.75, 3.05) is 20.8 Å². The smallest absolute Gasteiger partial charge is 0.244 e. The first-order chi connectivity index (χ1) is 13.0. The van der Waals surface area contributed by atoms with Gasteiger partial charge < -0.3 is 14.6 Å². The molecule has 0 aromatic heterocycles. The number of sulfonamides is 1. The average Bonchev–Trinajstić information content (AvgIpc) is 2.71. The zero-order valence-electron chi connectivity index (χ0n) is 15.0. The molecule has 3 aromatic carbocycles. The molecular formula is C20H21NO5S. The van der Waals surface area contributed by atoms with Gasteiger partial charge in [0.05, 0.1) is 20.3 Å².